The molecule has 0 aromatic rings. The predicted octanol–water partition coefficient (Wildman–Crippen LogP) is 0.958. The third-order valence-electron chi connectivity index (χ3n) is 2.08. The summed E-state index contributed by atoms with van der Waals surface area (Å²) in [4.78, 5) is 0. The van der Waals surface area contributed by atoms with Crippen LogP contribution in [0.1, 0.15) is 13.8 Å². The average Bonchev–Trinajstić information content (AvgIpc) is 2.24. The zero-order valence-corrected chi connectivity index (χ0v) is 6.69. The molecule has 0 aliphatic carbocycles. The first-order chi connectivity index (χ1) is 4.27. The van der Waals surface area contributed by atoms with Crippen LogP contribution in [0.5, 0.6) is 0 Å². The Bertz CT molecular complexity index is 110. The van der Waals surface area contributed by atoms with Gasteiger partial charge in [0.2, 0.25) is 0 Å². The molecule has 2 unspecified atom stereocenters. The van der Waals surface area contributed by atoms with Crippen LogP contribution in [0.3, 0.4) is 0 Å². The predicted molar refractivity (Wildman–Crippen MR) is 39.9 cm³/mol. The molecule has 2 aliphatic rings. The maximum Gasteiger partial charge on any atom is 0.0324 e. The minimum Gasteiger partial charge on any atom is -0.231 e. The Kier molecular flexibility index (Phi) is 1.25. The Labute approximate surface area is 60.5 Å². The molecule has 0 aromatic carbocycles. The molecule has 0 aromatic heterocycles. The highest BCUT2D eigenvalue weighted by Gasteiger charge is 2.39. The summed E-state index contributed by atoms with van der Waals surface area (Å²) in [5, 5.41) is 0. The van der Waals surface area contributed by atoms with Crippen molar-refractivity contribution in [2.45, 2.75) is 25.9 Å². The fraction of sp³-hybridized carbons (Fsp3) is 1.00. The zero-order chi connectivity index (χ0) is 6.43. The monoisotopic (exact) mass is 144 g/mol. The lowest BCUT2D eigenvalue weighted by Gasteiger charge is -2.22. The second kappa shape index (κ2) is 1.87. The van der Waals surface area contributed by atoms with Gasteiger partial charge < -0.3 is 0 Å². The molecule has 2 bridgehead atoms. The van der Waals surface area contributed by atoms with Gasteiger partial charge in [0.1, 0.15) is 0 Å². The molecule has 2 fully saturated rings. The van der Waals surface area contributed by atoms with E-state index >= 15 is 0 Å². The Morgan fingerprint density at radius 1 is 1.11 bits per heavy atom. The molecule has 3 heteroatoms. The van der Waals surface area contributed by atoms with E-state index in [-0.39, 0.29) is 0 Å². The summed E-state index contributed by atoms with van der Waals surface area (Å²) < 4.78 is 4.93. The first-order valence-electron chi connectivity index (χ1n) is 3.49. The molecule has 0 saturated carbocycles. The number of rotatable bonds is 0. The second-order valence-electron chi connectivity index (χ2n) is 2.98. The van der Waals surface area contributed by atoms with Crippen LogP contribution >= 0.6 is 12.1 Å². The van der Waals surface area contributed by atoms with Crippen molar-refractivity contribution >= 4 is 12.1 Å². The van der Waals surface area contributed by atoms with Gasteiger partial charge in [-0.1, -0.05) is 0 Å². The van der Waals surface area contributed by atoms with Crippen molar-refractivity contribution in [2.24, 2.45) is 0 Å². The summed E-state index contributed by atoms with van der Waals surface area (Å²) in [5.41, 5.74) is 0. The fourth-order valence-corrected chi connectivity index (χ4v) is 2.71. The van der Waals surface area contributed by atoms with E-state index in [2.05, 4.69) is 22.5 Å². The number of hydrogen-bond donors (Lipinski definition) is 0. The van der Waals surface area contributed by atoms with Crippen molar-refractivity contribution < 1.29 is 0 Å². The van der Waals surface area contributed by atoms with Gasteiger partial charge in [-0.2, -0.15) is 0 Å². The molecule has 2 rings (SSSR count). The quantitative estimate of drug-likeness (QED) is 0.467. The normalized spacial score (nSPS) is 56.7. The van der Waals surface area contributed by atoms with E-state index in [0.29, 0.717) is 0 Å². The van der Waals surface area contributed by atoms with Gasteiger partial charge in [0.05, 0.1) is 0 Å². The van der Waals surface area contributed by atoms with Crippen molar-refractivity contribution in [3.05, 3.63) is 0 Å². The van der Waals surface area contributed by atoms with Gasteiger partial charge in [-0.3, -0.25) is 0 Å². The van der Waals surface area contributed by atoms with Crippen molar-refractivity contribution in [3.63, 3.8) is 0 Å². The van der Waals surface area contributed by atoms with E-state index < -0.39 is 0 Å². The molecule has 2 heterocycles. The van der Waals surface area contributed by atoms with E-state index in [9.17, 15) is 0 Å². The van der Waals surface area contributed by atoms with Crippen molar-refractivity contribution in [2.75, 3.05) is 13.1 Å². The lowest BCUT2D eigenvalue weighted by atomic mass is 10.2. The third-order valence-corrected chi connectivity index (χ3v) is 3.52. The second-order valence-corrected chi connectivity index (χ2v) is 4.08. The molecule has 0 amide bonds. The third kappa shape index (κ3) is 0.791. The Morgan fingerprint density at radius 2 is 1.56 bits per heavy atom. The highest BCUT2D eigenvalue weighted by molar-refractivity contribution is 7.95. The molecule has 0 radical (unpaired) electrons. The fourth-order valence-electron chi connectivity index (χ4n) is 1.43. The van der Waals surface area contributed by atoms with E-state index in [1.54, 1.807) is 0 Å². The van der Waals surface area contributed by atoms with Crippen LogP contribution in [0.4, 0.5) is 0 Å². The van der Waals surface area contributed by atoms with Crippen LogP contribution in [0, 0.1) is 0 Å². The molecule has 0 N–H and O–H groups in total. The highest BCUT2D eigenvalue weighted by atomic mass is 32.2. The molecule has 2 aliphatic heterocycles. The molecule has 4 atom stereocenters. The molecule has 9 heavy (non-hydrogen) atoms. The minimum absolute atomic E-state index is 0.784. The molecule has 2 nitrogen and oxygen atoms in total. The van der Waals surface area contributed by atoms with E-state index in [4.69, 9.17) is 0 Å². The maximum absolute atomic E-state index is 2.46. The van der Waals surface area contributed by atoms with Gasteiger partial charge in [-0.25, -0.2) is 8.61 Å². The van der Waals surface area contributed by atoms with Crippen LogP contribution in [0.2, 0.25) is 0 Å². The summed E-state index contributed by atoms with van der Waals surface area (Å²) in [6.07, 6.45) is 0. The largest absolute Gasteiger partial charge is 0.231 e. The molecule has 2 saturated heterocycles. The van der Waals surface area contributed by atoms with E-state index in [1.807, 2.05) is 12.1 Å². The summed E-state index contributed by atoms with van der Waals surface area (Å²) in [5.74, 6) is 0. The van der Waals surface area contributed by atoms with E-state index in [0.717, 1.165) is 12.1 Å². The lowest BCUT2D eigenvalue weighted by Crippen LogP contribution is -2.38. The van der Waals surface area contributed by atoms with E-state index in [1.165, 1.54) is 13.1 Å². The van der Waals surface area contributed by atoms with Crippen molar-refractivity contribution in [3.8, 4) is 0 Å². The smallest absolute Gasteiger partial charge is 0.0324 e. The number of hydrogen-bond acceptors (Lipinski definition) is 3. The van der Waals surface area contributed by atoms with Crippen LogP contribution < -0.4 is 0 Å². The van der Waals surface area contributed by atoms with Gasteiger partial charge in [-0.15, -0.1) is 0 Å². The van der Waals surface area contributed by atoms with Crippen LogP contribution in [-0.4, -0.2) is 33.8 Å². The standard InChI is InChI=1S/C6H12N2S/c1-5-3-8-6(2)4-7(5)9-8/h5-6H,3-4H2,1-2H3/t5-,6+. The SMILES string of the molecule is C[C@@H]1CN2SN1C[C@@H]2C. The Morgan fingerprint density at radius 3 is 1.78 bits per heavy atom. The van der Waals surface area contributed by atoms with Crippen LogP contribution in [0.15, 0.2) is 0 Å². The molecule has 52 valence electrons. The first-order valence-corrected chi connectivity index (χ1v) is 4.22. The Balaban J connectivity index is 2.10. The summed E-state index contributed by atoms with van der Waals surface area (Å²) >= 11 is 1.91. The van der Waals surface area contributed by atoms with Crippen LogP contribution in [0.25, 0.3) is 0 Å². The minimum atomic E-state index is 0.784. The van der Waals surface area contributed by atoms with Gasteiger partial charge >= 0.3 is 0 Å². The number of nitrogens with zero attached hydrogens (tertiary/aromatic N) is 2. The highest BCUT2D eigenvalue weighted by Crippen LogP contribution is 2.36. The van der Waals surface area contributed by atoms with Gasteiger partial charge in [-0.05, 0) is 13.8 Å². The number of fused-ring (bicyclic) bond motifs is 2. The molecule has 0 spiro atoms. The summed E-state index contributed by atoms with van der Waals surface area (Å²) in [6.45, 7) is 7.09. The summed E-state index contributed by atoms with van der Waals surface area (Å²) in [6, 6.07) is 1.57. The molecular formula is C6H12N2S. The van der Waals surface area contributed by atoms with Crippen LogP contribution in [-0.2, 0) is 0 Å². The summed E-state index contributed by atoms with van der Waals surface area (Å²) in [7, 11) is 0. The molecular weight excluding hydrogens is 132 g/mol. The Hall–Kier alpha value is 0.270. The average molecular weight is 144 g/mol. The topological polar surface area (TPSA) is 6.48 Å². The van der Waals surface area contributed by atoms with Crippen molar-refractivity contribution in [1.82, 2.24) is 8.61 Å². The lowest BCUT2D eigenvalue weighted by molar-refractivity contribution is 0.248. The first kappa shape index (κ1) is 6.01. The number of piperazine rings is 1. The van der Waals surface area contributed by atoms with Gasteiger partial charge in [0.25, 0.3) is 0 Å². The zero-order valence-electron chi connectivity index (χ0n) is 5.87. The van der Waals surface area contributed by atoms with Crippen molar-refractivity contribution in [1.29, 1.82) is 0 Å². The van der Waals surface area contributed by atoms with Gasteiger partial charge in [0.15, 0.2) is 0 Å². The maximum atomic E-state index is 2.46. The van der Waals surface area contributed by atoms with Gasteiger partial charge in [0, 0.05) is 37.3 Å².